The molecule has 1 heterocycles. The number of carbonyl (C=O) groups is 1. The van der Waals surface area contributed by atoms with Gasteiger partial charge in [0.1, 0.15) is 11.7 Å². The molecule has 1 saturated carbocycles. The van der Waals surface area contributed by atoms with Crippen LogP contribution in [0.15, 0.2) is 0 Å². The molecular weight excluding hydrogens is 228 g/mol. The maximum absolute atomic E-state index is 12.2. The largest absolute Gasteiger partial charge is 0.323 e. The molecule has 2 aliphatic rings. The van der Waals surface area contributed by atoms with Crippen molar-refractivity contribution >= 4 is 5.91 Å². The second-order valence-corrected chi connectivity index (χ2v) is 6.53. The van der Waals surface area contributed by atoms with E-state index in [0.717, 1.165) is 12.8 Å². The molecule has 1 amide bonds. The molecule has 0 aromatic rings. The Morgan fingerprint density at radius 2 is 1.94 bits per heavy atom. The first kappa shape index (κ1) is 13.8. The predicted molar refractivity (Wildman–Crippen MR) is 69.9 cm³/mol. The van der Waals surface area contributed by atoms with Gasteiger partial charge in [-0.2, -0.15) is 5.06 Å². The third-order valence-corrected chi connectivity index (χ3v) is 5.05. The average Bonchev–Trinajstić information content (AvgIpc) is 2.46. The predicted octanol–water partition coefficient (Wildman–Crippen LogP) is 2.33. The number of hydroxylamine groups is 2. The number of rotatable bonds is 1. The maximum Gasteiger partial charge on any atom is 0.243 e. The molecule has 4 nitrogen and oxygen atoms in total. The van der Waals surface area contributed by atoms with Crippen LogP contribution in [0.2, 0.25) is 0 Å². The molecule has 2 rings (SSSR count). The summed E-state index contributed by atoms with van der Waals surface area (Å²) >= 11 is 0. The number of carbonyl (C=O) groups excluding carboxylic acids is 1. The quantitative estimate of drug-likeness (QED) is 0.781. The zero-order chi connectivity index (χ0) is 13.7. The second-order valence-electron chi connectivity index (χ2n) is 6.53. The first-order valence-electron chi connectivity index (χ1n) is 7.08. The summed E-state index contributed by atoms with van der Waals surface area (Å²) in [5.74, 6) is 1.40. The van der Waals surface area contributed by atoms with Crippen molar-refractivity contribution in [2.24, 2.45) is 17.8 Å². The van der Waals surface area contributed by atoms with Gasteiger partial charge in [-0.1, -0.05) is 27.2 Å². The molecule has 18 heavy (non-hydrogen) atoms. The first-order valence-corrected chi connectivity index (χ1v) is 7.08. The van der Waals surface area contributed by atoms with E-state index in [9.17, 15) is 10.0 Å². The highest BCUT2D eigenvalue weighted by atomic mass is 16.5. The molecule has 0 radical (unpaired) electrons. The Bertz CT molecular complexity index is 345. The van der Waals surface area contributed by atoms with Crippen LogP contribution >= 0.6 is 0 Å². The van der Waals surface area contributed by atoms with E-state index in [2.05, 4.69) is 20.8 Å². The van der Waals surface area contributed by atoms with Gasteiger partial charge in [-0.3, -0.25) is 4.79 Å². The average molecular weight is 254 g/mol. The normalized spacial score (nSPS) is 42.3. The number of hydrogen-bond donors (Lipinski definition) is 1. The summed E-state index contributed by atoms with van der Waals surface area (Å²) in [6.07, 6.45) is 3.15. The van der Waals surface area contributed by atoms with Crippen LogP contribution in [0.1, 0.15) is 47.0 Å². The Morgan fingerprint density at radius 3 is 2.39 bits per heavy atom. The summed E-state index contributed by atoms with van der Waals surface area (Å²) in [7, 11) is 1.85. The van der Waals surface area contributed by atoms with Crippen LogP contribution in [0.25, 0.3) is 0 Å². The molecule has 4 heteroatoms. The van der Waals surface area contributed by atoms with Gasteiger partial charge in [0.25, 0.3) is 0 Å². The van der Waals surface area contributed by atoms with Crippen molar-refractivity contribution in [1.29, 1.82) is 0 Å². The van der Waals surface area contributed by atoms with Crippen LogP contribution in [0.4, 0.5) is 0 Å². The topological polar surface area (TPSA) is 43.8 Å². The highest BCUT2D eigenvalue weighted by molar-refractivity contribution is 5.84. The Balaban J connectivity index is 2.43. The van der Waals surface area contributed by atoms with Gasteiger partial charge in [0.2, 0.25) is 5.91 Å². The van der Waals surface area contributed by atoms with Crippen LogP contribution in [0, 0.1) is 17.8 Å². The van der Waals surface area contributed by atoms with Gasteiger partial charge in [-0.05, 0) is 31.6 Å². The summed E-state index contributed by atoms with van der Waals surface area (Å²) in [5.41, 5.74) is -0.484. The van der Waals surface area contributed by atoms with Gasteiger partial charge < -0.3 is 10.1 Å². The zero-order valence-electron chi connectivity index (χ0n) is 12.2. The highest BCUT2D eigenvalue weighted by Gasteiger charge is 2.59. The zero-order valence-corrected chi connectivity index (χ0v) is 12.2. The molecule has 0 aromatic carbocycles. The Labute approximate surface area is 110 Å². The van der Waals surface area contributed by atoms with Crippen LogP contribution in [-0.4, -0.2) is 39.8 Å². The summed E-state index contributed by atoms with van der Waals surface area (Å²) in [4.78, 5) is 14.0. The lowest BCUT2D eigenvalue weighted by Gasteiger charge is -2.51. The minimum Gasteiger partial charge on any atom is -0.323 e. The van der Waals surface area contributed by atoms with Gasteiger partial charge in [-0.15, -0.1) is 0 Å². The molecule has 1 spiro atoms. The van der Waals surface area contributed by atoms with E-state index in [4.69, 9.17) is 0 Å². The lowest BCUT2D eigenvalue weighted by atomic mass is 9.69. The van der Waals surface area contributed by atoms with Crippen LogP contribution in [-0.2, 0) is 4.79 Å². The van der Waals surface area contributed by atoms with Crippen molar-refractivity contribution in [2.45, 2.75) is 58.7 Å². The number of hydrogen-bond acceptors (Lipinski definition) is 3. The molecule has 1 saturated heterocycles. The molecule has 1 N–H and O–H groups in total. The first-order chi connectivity index (χ1) is 8.32. The van der Waals surface area contributed by atoms with E-state index in [1.165, 1.54) is 11.5 Å². The lowest BCUT2D eigenvalue weighted by molar-refractivity contribution is -0.240. The van der Waals surface area contributed by atoms with Gasteiger partial charge in [0.15, 0.2) is 0 Å². The smallest absolute Gasteiger partial charge is 0.243 e. The van der Waals surface area contributed by atoms with E-state index in [-0.39, 0.29) is 5.91 Å². The minimum absolute atomic E-state index is 0.0391. The Morgan fingerprint density at radius 1 is 1.33 bits per heavy atom. The van der Waals surface area contributed by atoms with Crippen molar-refractivity contribution in [3.05, 3.63) is 0 Å². The molecule has 1 aliphatic carbocycles. The fourth-order valence-electron chi connectivity index (χ4n) is 4.04. The molecule has 2 fully saturated rings. The molecule has 104 valence electrons. The molecule has 4 atom stereocenters. The van der Waals surface area contributed by atoms with Crippen LogP contribution < -0.4 is 0 Å². The fraction of sp³-hybridized carbons (Fsp3) is 0.929. The van der Waals surface area contributed by atoms with E-state index >= 15 is 0 Å². The molecule has 0 bridgehead atoms. The van der Waals surface area contributed by atoms with Gasteiger partial charge in [0, 0.05) is 13.0 Å². The van der Waals surface area contributed by atoms with Crippen molar-refractivity contribution < 1.29 is 10.0 Å². The minimum atomic E-state index is -0.484. The summed E-state index contributed by atoms with van der Waals surface area (Å²) in [6.45, 7) is 8.40. The van der Waals surface area contributed by atoms with Crippen LogP contribution in [0.5, 0.6) is 0 Å². The molecular formula is C14H26N2O2. The SMILES string of the molecule is CC1CCC(C(C)C)C2(C1)N(C)C(=O)C(C)N2O. The number of amides is 1. The second kappa shape index (κ2) is 4.49. The van der Waals surface area contributed by atoms with Crippen molar-refractivity contribution in [3.63, 3.8) is 0 Å². The fourth-order valence-corrected chi connectivity index (χ4v) is 4.04. The third-order valence-electron chi connectivity index (χ3n) is 5.05. The van der Waals surface area contributed by atoms with E-state index in [1.807, 2.05) is 7.05 Å². The van der Waals surface area contributed by atoms with Gasteiger partial charge in [-0.25, -0.2) is 0 Å². The van der Waals surface area contributed by atoms with E-state index in [0.29, 0.717) is 17.8 Å². The van der Waals surface area contributed by atoms with Gasteiger partial charge in [0.05, 0.1) is 0 Å². The van der Waals surface area contributed by atoms with E-state index < -0.39 is 11.7 Å². The maximum atomic E-state index is 12.2. The molecule has 1 aliphatic heterocycles. The van der Waals surface area contributed by atoms with Crippen molar-refractivity contribution in [2.75, 3.05) is 7.05 Å². The summed E-state index contributed by atoms with van der Waals surface area (Å²) < 4.78 is 0. The highest BCUT2D eigenvalue weighted by Crippen LogP contribution is 2.49. The summed E-state index contributed by atoms with van der Waals surface area (Å²) in [6, 6.07) is -0.415. The lowest BCUT2D eigenvalue weighted by Crippen LogP contribution is -2.61. The van der Waals surface area contributed by atoms with E-state index in [1.54, 1.807) is 11.8 Å². The third kappa shape index (κ3) is 1.69. The number of nitrogens with zero attached hydrogens (tertiary/aromatic N) is 2. The van der Waals surface area contributed by atoms with Crippen LogP contribution in [0.3, 0.4) is 0 Å². The monoisotopic (exact) mass is 254 g/mol. The Kier molecular flexibility index (Phi) is 3.45. The van der Waals surface area contributed by atoms with Crippen molar-refractivity contribution in [1.82, 2.24) is 9.96 Å². The number of likely N-dealkylation sites (N-methyl/N-ethyl adjacent to an activating group) is 1. The molecule has 0 aromatic heterocycles. The molecule has 4 unspecified atom stereocenters. The summed E-state index contributed by atoms with van der Waals surface area (Å²) in [5, 5.41) is 11.9. The Hall–Kier alpha value is -0.610. The van der Waals surface area contributed by atoms with Crippen molar-refractivity contribution in [3.8, 4) is 0 Å². The van der Waals surface area contributed by atoms with Gasteiger partial charge >= 0.3 is 0 Å². The standard InChI is InChI=1S/C14H26N2O2/c1-9(2)12-7-6-10(3)8-14(12)15(5)13(17)11(4)16(14)18/h9-12,18H,6-8H2,1-5H3.